The molecule has 1 unspecified atom stereocenters. The lowest BCUT2D eigenvalue weighted by Gasteiger charge is -2.18. The molecule has 0 bridgehead atoms. The van der Waals surface area contributed by atoms with Crippen molar-refractivity contribution in [3.63, 3.8) is 0 Å². The van der Waals surface area contributed by atoms with E-state index in [4.69, 9.17) is 0 Å². The van der Waals surface area contributed by atoms with Crippen LogP contribution in [0, 0.1) is 5.92 Å². The summed E-state index contributed by atoms with van der Waals surface area (Å²) in [4.78, 5) is 4.37. The Morgan fingerprint density at radius 2 is 2.10 bits per heavy atom. The summed E-state index contributed by atoms with van der Waals surface area (Å²) in [6.45, 7) is 4.80. The molecule has 29 heavy (non-hydrogen) atoms. The first-order valence-corrected chi connectivity index (χ1v) is 11.1. The fourth-order valence-electron chi connectivity index (χ4n) is 3.66. The van der Waals surface area contributed by atoms with Crippen molar-refractivity contribution < 1.29 is 0 Å². The van der Waals surface area contributed by atoms with Crippen molar-refractivity contribution >= 4 is 45.9 Å². The van der Waals surface area contributed by atoms with Crippen LogP contribution < -0.4 is 10.6 Å². The monoisotopic (exact) mass is 574 g/mol. The van der Waals surface area contributed by atoms with Gasteiger partial charge in [0, 0.05) is 31.0 Å². The van der Waals surface area contributed by atoms with E-state index in [-0.39, 0.29) is 24.0 Å². The van der Waals surface area contributed by atoms with Gasteiger partial charge in [0.05, 0.1) is 6.54 Å². The highest BCUT2D eigenvalue weighted by Gasteiger charge is 2.15. The fraction of sp³-hybridized carbons (Fsp3) is 0.571. The normalized spacial score (nSPS) is 15.1. The minimum absolute atomic E-state index is 0. The van der Waals surface area contributed by atoms with Crippen LogP contribution in [0.25, 0.3) is 0 Å². The molecule has 1 aliphatic heterocycles. The smallest absolute Gasteiger partial charge is 0.191 e. The molecule has 1 atom stereocenters. The van der Waals surface area contributed by atoms with E-state index in [1.165, 1.54) is 24.8 Å². The van der Waals surface area contributed by atoms with E-state index in [1.807, 2.05) is 7.05 Å². The van der Waals surface area contributed by atoms with Crippen LogP contribution in [0.3, 0.4) is 0 Å². The van der Waals surface area contributed by atoms with Gasteiger partial charge in [0.1, 0.15) is 5.82 Å². The van der Waals surface area contributed by atoms with Gasteiger partial charge in [0.25, 0.3) is 0 Å². The predicted molar refractivity (Wildman–Crippen MR) is 133 cm³/mol. The minimum Gasteiger partial charge on any atom is -0.356 e. The summed E-state index contributed by atoms with van der Waals surface area (Å²) in [6, 6.07) is 8.56. The number of rotatable bonds is 7. The average Bonchev–Trinajstić information content (AvgIpc) is 2.93. The average molecular weight is 575 g/mol. The Labute approximate surface area is 199 Å². The number of nitrogens with zero attached hydrogens (tertiary/aromatic N) is 4. The van der Waals surface area contributed by atoms with Crippen LogP contribution in [-0.2, 0) is 25.9 Å². The van der Waals surface area contributed by atoms with Gasteiger partial charge in [-0.3, -0.25) is 4.99 Å². The van der Waals surface area contributed by atoms with E-state index >= 15 is 0 Å². The highest BCUT2D eigenvalue weighted by molar-refractivity contribution is 14.0. The second kappa shape index (κ2) is 12.5. The van der Waals surface area contributed by atoms with Gasteiger partial charge in [-0.25, -0.2) is 0 Å². The van der Waals surface area contributed by atoms with E-state index in [0.29, 0.717) is 12.5 Å². The Hall–Kier alpha value is -1.16. The van der Waals surface area contributed by atoms with Crippen molar-refractivity contribution in [3.8, 4) is 0 Å². The standard InChI is InChI=1S/C21H31BrN6.HI/c1-3-16(12-17-8-7-9-18(22)13-17)14-24-21(23-2)25-15-20-27-26-19-10-5-4-6-11-28(19)20;/h7-9,13,16H,3-6,10-12,14-15H2,1-2H3,(H2,23,24,25);1H. The SMILES string of the molecule is CCC(CNC(=NC)NCc1nnc2n1CCCCC2)Cc1cccc(Br)c1.I. The van der Waals surface area contributed by atoms with Crippen LogP contribution in [0.1, 0.15) is 49.8 Å². The van der Waals surface area contributed by atoms with Crippen molar-refractivity contribution in [2.75, 3.05) is 13.6 Å². The first-order valence-electron chi connectivity index (χ1n) is 10.3. The Kier molecular flexibility index (Phi) is 10.4. The van der Waals surface area contributed by atoms with Gasteiger partial charge in [0.15, 0.2) is 11.8 Å². The molecule has 1 aromatic carbocycles. The lowest BCUT2D eigenvalue weighted by molar-refractivity contribution is 0.493. The molecule has 0 radical (unpaired) electrons. The van der Waals surface area contributed by atoms with E-state index < -0.39 is 0 Å². The van der Waals surface area contributed by atoms with E-state index in [9.17, 15) is 0 Å². The number of aliphatic imine (C=N–C) groups is 1. The molecule has 8 heteroatoms. The second-order valence-corrected chi connectivity index (χ2v) is 8.33. The number of hydrogen-bond donors (Lipinski definition) is 2. The number of guanidine groups is 1. The first-order chi connectivity index (χ1) is 13.7. The summed E-state index contributed by atoms with van der Waals surface area (Å²) in [5, 5.41) is 15.6. The molecule has 0 saturated heterocycles. The number of nitrogens with one attached hydrogen (secondary N) is 2. The molecule has 0 aliphatic carbocycles. The maximum atomic E-state index is 4.38. The van der Waals surface area contributed by atoms with Crippen LogP contribution in [0.15, 0.2) is 33.7 Å². The molecule has 0 amide bonds. The summed E-state index contributed by atoms with van der Waals surface area (Å²) >= 11 is 3.56. The first kappa shape index (κ1) is 24.1. The molecule has 3 rings (SSSR count). The van der Waals surface area contributed by atoms with Gasteiger partial charge in [-0.15, -0.1) is 34.2 Å². The number of hydrogen-bond acceptors (Lipinski definition) is 3. The lowest BCUT2D eigenvalue weighted by atomic mass is 9.97. The quantitative estimate of drug-likeness (QED) is 0.294. The van der Waals surface area contributed by atoms with Crippen molar-refractivity contribution in [3.05, 3.63) is 46.0 Å². The zero-order chi connectivity index (χ0) is 19.8. The Bertz CT molecular complexity index is 791. The Balaban J connectivity index is 0.00000300. The van der Waals surface area contributed by atoms with Gasteiger partial charge < -0.3 is 15.2 Å². The fourth-order valence-corrected chi connectivity index (χ4v) is 4.11. The molecular weight excluding hydrogens is 543 g/mol. The third-order valence-electron chi connectivity index (χ3n) is 5.37. The number of benzene rings is 1. The zero-order valence-electron chi connectivity index (χ0n) is 17.3. The van der Waals surface area contributed by atoms with E-state index in [0.717, 1.165) is 54.4 Å². The zero-order valence-corrected chi connectivity index (χ0v) is 21.2. The molecule has 1 aromatic heterocycles. The lowest BCUT2D eigenvalue weighted by Crippen LogP contribution is -2.40. The van der Waals surface area contributed by atoms with Gasteiger partial charge in [-0.1, -0.05) is 47.8 Å². The van der Waals surface area contributed by atoms with Crippen LogP contribution in [0.2, 0.25) is 0 Å². The molecule has 2 heterocycles. The van der Waals surface area contributed by atoms with Crippen LogP contribution in [-0.4, -0.2) is 34.3 Å². The third kappa shape index (κ3) is 7.24. The van der Waals surface area contributed by atoms with E-state index in [2.05, 4.69) is 77.5 Å². The van der Waals surface area contributed by atoms with Gasteiger partial charge in [0.2, 0.25) is 0 Å². The third-order valence-corrected chi connectivity index (χ3v) is 5.87. The largest absolute Gasteiger partial charge is 0.356 e. The summed E-state index contributed by atoms with van der Waals surface area (Å²) < 4.78 is 3.41. The second-order valence-electron chi connectivity index (χ2n) is 7.41. The molecule has 1 aliphatic rings. The van der Waals surface area contributed by atoms with Crippen LogP contribution >= 0.6 is 39.9 Å². The van der Waals surface area contributed by atoms with Crippen molar-refractivity contribution in [1.29, 1.82) is 0 Å². The molecule has 0 fully saturated rings. The number of aryl methyl sites for hydroxylation is 1. The van der Waals surface area contributed by atoms with Crippen molar-refractivity contribution in [2.45, 2.75) is 58.5 Å². The highest BCUT2D eigenvalue weighted by atomic mass is 127. The molecule has 160 valence electrons. The number of halogens is 2. The molecule has 0 saturated carbocycles. The number of aromatic nitrogens is 3. The minimum atomic E-state index is 0. The predicted octanol–water partition coefficient (Wildman–Crippen LogP) is 4.32. The highest BCUT2D eigenvalue weighted by Crippen LogP contribution is 2.17. The molecule has 2 N–H and O–H groups in total. The van der Waals surface area contributed by atoms with Crippen LogP contribution in [0.5, 0.6) is 0 Å². The summed E-state index contributed by atoms with van der Waals surface area (Å²) in [7, 11) is 1.81. The summed E-state index contributed by atoms with van der Waals surface area (Å²) in [5.74, 6) is 3.49. The molecular formula is C21H32BrIN6. The van der Waals surface area contributed by atoms with Crippen molar-refractivity contribution in [1.82, 2.24) is 25.4 Å². The number of fused-ring (bicyclic) bond motifs is 1. The van der Waals surface area contributed by atoms with Crippen LogP contribution in [0.4, 0.5) is 0 Å². The summed E-state index contributed by atoms with van der Waals surface area (Å²) in [6.07, 6.45) is 6.90. The van der Waals surface area contributed by atoms with Crippen molar-refractivity contribution in [2.24, 2.45) is 10.9 Å². The topological polar surface area (TPSA) is 67.1 Å². The van der Waals surface area contributed by atoms with Gasteiger partial charge >= 0.3 is 0 Å². The maximum absolute atomic E-state index is 4.38. The maximum Gasteiger partial charge on any atom is 0.191 e. The molecule has 6 nitrogen and oxygen atoms in total. The van der Waals surface area contributed by atoms with Gasteiger partial charge in [-0.2, -0.15) is 0 Å². The van der Waals surface area contributed by atoms with Gasteiger partial charge in [-0.05, 0) is 42.9 Å². The molecule has 2 aromatic rings. The Morgan fingerprint density at radius 1 is 1.24 bits per heavy atom. The van der Waals surface area contributed by atoms with E-state index in [1.54, 1.807) is 0 Å². The molecule has 0 spiro atoms. The summed E-state index contributed by atoms with van der Waals surface area (Å²) in [5.41, 5.74) is 1.36. The Morgan fingerprint density at radius 3 is 2.86 bits per heavy atom.